The molecular weight excluding hydrogens is 507 g/mol. The van der Waals surface area contributed by atoms with Gasteiger partial charge in [-0.15, -0.1) is 11.8 Å². The molecule has 0 radical (unpaired) electrons. The van der Waals surface area contributed by atoms with Crippen molar-refractivity contribution < 1.29 is 18.7 Å². The van der Waals surface area contributed by atoms with Gasteiger partial charge in [-0.3, -0.25) is 14.5 Å². The molecule has 0 spiro atoms. The van der Waals surface area contributed by atoms with Gasteiger partial charge in [0, 0.05) is 35.1 Å². The van der Waals surface area contributed by atoms with Crippen molar-refractivity contribution in [2.24, 2.45) is 0 Å². The second-order valence-electron chi connectivity index (χ2n) is 8.14. The fraction of sp³-hybridized carbons (Fsp3) is 0.292. The van der Waals surface area contributed by atoms with Gasteiger partial charge in [0.25, 0.3) is 5.91 Å². The standard InChI is InChI=1S/C24H20ClFN6O3S/c1-3-31-21-13(11-29-31)10-28-12-18(21)32-23(33)22-17(30(24(32)34)6-4-5-27)9-20(36-22)14-7-19(35-2)16(26)8-15(14)25/h7-12,17,22H,3-4,6H2,1-2H3. The fourth-order valence-corrected chi connectivity index (χ4v) is 6.17. The minimum absolute atomic E-state index is 0.0155. The zero-order valence-electron chi connectivity index (χ0n) is 19.3. The fourth-order valence-electron chi connectivity index (χ4n) is 4.51. The molecule has 3 amide bonds. The minimum atomic E-state index is -0.697. The second kappa shape index (κ2) is 9.44. The number of carbonyl (C=O) groups excluding carboxylic acids is 2. The number of aromatic nitrogens is 3. The molecule has 184 valence electrons. The molecule has 1 saturated heterocycles. The Bertz CT molecular complexity index is 1470. The summed E-state index contributed by atoms with van der Waals surface area (Å²) in [7, 11) is 1.35. The highest BCUT2D eigenvalue weighted by molar-refractivity contribution is 8.09. The predicted octanol–water partition coefficient (Wildman–Crippen LogP) is 4.46. The van der Waals surface area contributed by atoms with Crippen molar-refractivity contribution in [2.75, 3.05) is 18.6 Å². The van der Waals surface area contributed by atoms with Crippen LogP contribution in [0.25, 0.3) is 15.8 Å². The number of aryl methyl sites for hydroxylation is 1. The molecule has 2 atom stereocenters. The highest BCUT2D eigenvalue weighted by atomic mass is 35.5. The van der Waals surface area contributed by atoms with Crippen LogP contribution in [-0.2, 0) is 11.3 Å². The van der Waals surface area contributed by atoms with E-state index in [9.17, 15) is 19.2 Å². The number of benzene rings is 1. The number of anilines is 1. The van der Waals surface area contributed by atoms with Crippen LogP contribution in [0.4, 0.5) is 14.9 Å². The molecule has 2 aliphatic rings. The van der Waals surface area contributed by atoms with Crippen molar-refractivity contribution in [1.82, 2.24) is 19.7 Å². The first-order valence-electron chi connectivity index (χ1n) is 11.1. The van der Waals surface area contributed by atoms with E-state index in [2.05, 4.69) is 16.2 Å². The smallest absolute Gasteiger partial charge is 0.332 e. The van der Waals surface area contributed by atoms with Crippen LogP contribution in [0.15, 0.2) is 36.8 Å². The third-order valence-electron chi connectivity index (χ3n) is 6.18. The summed E-state index contributed by atoms with van der Waals surface area (Å²) in [6.07, 6.45) is 6.60. The molecule has 4 heterocycles. The van der Waals surface area contributed by atoms with Crippen molar-refractivity contribution >= 4 is 56.8 Å². The molecule has 2 aromatic heterocycles. The average Bonchev–Trinajstić information content (AvgIpc) is 3.49. The van der Waals surface area contributed by atoms with Crippen molar-refractivity contribution in [1.29, 1.82) is 5.26 Å². The van der Waals surface area contributed by atoms with E-state index in [0.29, 0.717) is 33.6 Å². The van der Waals surface area contributed by atoms with Crippen LogP contribution in [-0.4, -0.2) is 56.5 Å². The molecule has 9 nitrogen and oxygen atoms in total. The average molecular weight is 527 g/mol. The van der Waals surface area contributed by atoms with Gasteiger partial charge in [-0.25, -0.2) is 14.1 Å². The Morgan fingerprint density at radius 1 is 1.28 bits per heavy atom. The number of halogens is 2. The molecule has 36 heavy (non-hydrogen) atoms. The molecule has 0 bridgehead atoms. The summed E-state index contributed by atoms with van der Waals surface area (Å²) in [5.41, 5.74) is 1.45. The normalized spacial score (nSPS) is 19.5. The number of amides is 3. The number of imide groups is 1. The maximum absolute atomic E-state index is 14.1. The van der Waals surface area contributed by atoms with Gasteiger partial charge in [0.1, 0.15) is 5.25 Å². The van der Waals surface area contributed by atoms with Crippen molar-refractivity contribution in [3.05, 3.63) is 53.2 Å². The first kappa shape index (κ1) is 24.1. The van der Waals surface area contributed by atoms with E-state index in [1.54, 1.807) is 23.2 Å². The Hall–Kier alpha value is -3.62. The molecule has 1 aromatic carbocycles. The maximum Gasteiger partial charge on any atom is 0.332 e. The molecule has 1 fully saturated rings. The molecule has 12 heteroatoms. The lowest BCUT2D eigenvalue weighted by Crippen LogP contribution is -2.62. The van der Waals surface area contributed by atoms with E-state index in [0.717, 1.165) is 11.0 Å². The number of hydrogen-bond donors (Lipinski definition) is 0. The van der Waals surface area contributed by atoms with E-state index in [4.69, 9.17) is 16.3 Å². The van der Waals surface area contributed by atoms with Crippen LogP contribution in [0.5, 0.6) is 5.75 Å². The van der Waals surface area contributed by atoms with Gasteiger partial charge >= 0.3 is 6.03 Å². The summed E-state index contributed by atoms with van der Waals surface area (Å²) in [6, 6.07) is 3.55. The zero-order valence-corrected chi connectivity index (χ0v) is 20.9. The lowest BCUT2D eigenvalue weighted by molar-refractivity contribution is -0.119. The minimum Gasteiger partial charge on any atom is -0.494 e. The topological polar surface area (TPSA) is 104 Å². The van der Waals surface area contributed by atoms with Crippen LogP contribution < -0.4 is 9.64 Å². The van der Waals surface area contributed by atoms with Crippen LogP contribution in [0.3, 0.4) is 0 Å². The summed E-state index contributed by atoms with van der Waals surface area (Å²) in [6.45, 7) is 2.57. The van der Waals surface area contributed by atoms with E-state index in [-0.39, 0.29) is 23.7 Å². The van der Waals surface area contributed by atoms with E-state index in [1.807, 2.05) is 6.92 Å². The Morgan fingerprint density at radius 3 is 2.81 bits per heavy atom. The molecule has 2 unspecified atom stereocenters. The largest absolute Gasteiger partial charge is 0.494 e. The maximum atomic E-state index is 14.1. The van der Waals surface area contributed by atoms with E-state index >= 15 is 0 Å². The Kier molecular flexibility index (Phi) is 6.32. The van der Waals surface area contributed by atoms with Crippen LogP contribution in [0.2, 0.25) is 5.02 Å². The summed E-state index contributed by atoms with van der Waals surface area (Å²) in [4.78, 5) is 35.0. The molecule has 3 aromatic rings. The lowest BCUT2D eigenvalue weighted by atomic mass is 10.0. The number of pyridine rings is 1. The number of hydrogen-bond acceptors (Lipinski definition) is 7. The zero-order chi connectivity index (χ0) is 25.6. The quantitative estimate of drug-likeness (QED) is 0.467. The lowest BCUT2D eigenvalue weighted by Gasteiger charge is -2.40. The van der Waals surface area contributed by atoms with Crippen LogP contribution >= 0.6 is 23.4 Å². The number of thioether (sulfide) groups is 1. The molecule has 0 aliphatic carbocycles. The number of nitrogens with zero attached hydrogens (tertiary/aromatic N) is 6. The van der Waals surface area contributed by atoms with Gasteiger partial charge in [0.05, 0.1) is 54.3 Å². The number of nitriles is 1. The van der Waals surface area contributed by atoms with E-state index in [1.165, 1.54) is 36.0 Å². The number of methoxy groups -OCH3 is 1. The van der Waals surface area contributed by atoms with Gasteiger partial charge in [0.15, 0.2) is 11.6 Å². The van der Waals surface area contributed by atoms with Crippen LogP contribution in [0.1, 0.15) is 18.9 Å². The first-order valence-corrected chi connectivity index (χ1v) is 12.4. The van der Waals surface area contributed by atoms with Gasteiger partial charge in [-0.2, -0.15) is 10.4 Å². The third kappa shape index (κ3) is 3.77. The highest BCUT2D eigenvalue weighted by Crippen LogP contribution is 2.48. The van der Waals surface area contributed by atoms with Crippen molar-refractivity contribution in [3.8, 4) is 11.8 Å². The van der Waals surface area contributed by atoms with Crippen molar-refractivity contribution in [2.45, 2.75) is 31.2 Å². The molecule has 5 rings (SSSR count). The van der Waals surface area contributed by atoms with E-state index < -0.39 is 29.0 Å². The molecule has 2 aliphatic heterocycles. The first-order chi connectivity index (χ1) is 17.4. The van der Waals surface area contributed by atoms with Gasteiger partial charge in [0.2, 0.25) is 0 Å². The SMILES string of the molecule is CCn1ncc2cncc(N3C(=O)C4SC(c5cc(OC)c(F)cc5Cl)=CC4N(CCC#N)C3=O)c21. The Balaban J connectivity index is 1.60. The molecule has 0 N–H and O–H groups in total. The molecular formula is C24H20ClFN6O3S. The number of rotatable bonds is 6. The summed E-state index contributed by atoms with van der Waals surface area (Å²) in [5.74, 6) is -1.01. The molecule has 0 saturated carbocycles. The predicted molar refractivity (Wildman–Crippen MR) is 134 cm³/mol. The van der Waals surface area contributed by atoms with Gasteiger partial charge in [-0.05, 0) is 25.1 Å². The Labute approximate surface area is 215 Å². The number of ether oxygens (including phenoxy) is 1. The van der Waals surface area contributed by atoms with Gasteiger partial charge < -0.3 is 9.64 Å². The van der Waals surface area contributed by atoms with Crippen LogP contribution in [0, 0.1) is 17.1 Å². The number of fused-ring (bicyclic) bond motifs is 2. The summed E-state index contributed by atoms with van der Waals surface area (Å²) >= 11 is 7.58. The number of carbonyl (C=O) groups is 2. The highest BCUT2D eigenvalue weighted by Gasteiger charge is 2.50. The van der Waals surface area contributed by atoms with Crippen molar-refractivity contribution in [3.63, 3.8) is 0 Å². The summed E-state index contributed by atoms with van der Waals surface area (Å²) in [5, 5.41) is 13.7. The number of urea groups is 1. The van der Waals surface area contributed by atoms with Gasteiger partial charge in [-0.1, -0.05) is 11.6 Å². The second-order valence-corrected chi connectivity index (χ2v) is 9.73. The summed E-state index contributed by atoms with van der Waals surface area (Å²) < 4.78 is 20.9. The monoisotopic (exact) mass is 526 g/mol. The third-order valence-corrected chi connectivity index (χ3v) is 7.84. The Morgan fingerprint density at radius 2 is 2.08 bits per heavy atom.